The van der Waals surface area contributed by atoms with E-state index < -0.39 is 17.7 Å². The topological polar surface area (TPSA) is 47.3 Å². The van der Waals surface area contributed by atoms with Crippen LogP contribution in [0.25, 0.3) is 0 Å². The summed E-state index contributed by atoms with van der Waals surface area (Å²) in [7, 11) is 0. The summed E-state index contributed by atoms with van der Waals surface area (Å²) < 4.78 is 32.0. The highest BCUT2D eigenvalue weighted by Gasteiger charge is 2.18. The van der Waals surface area contributed by atoms with Crippen molar-refractivity contribution < 1.29 is 13.5 Å². The molecule has 1 aromatic rings. The normalized spacial score (nSPS) is 12.8. The number of nitrogens with one attached hydrogen (secondary N) is 1. The van der Waals surface area contributed by atoms with E-state index in [0.29, 0.717) is 6.61 Å². The molecular formula is C11H16F2N2O. The van der Waals surface area contributed by atoms with Crippen molar-refractivity contribution in [2.24, 2.45) is 5.84 Å². The lowest BCUT2D eigenvalue weighted by atomic mass is 10.1. The largest absolute Gasteiger partial charge is 0.379 e. The summed E-state index contributed by atoms with van der Waals surface area (Å²) in [4.78, 5) is 0. The molecule has 0 spiro atoms. The predicted octanol–water partition coefficient (Wildman–Crippen LogP) is 1.90. The number of nitrogens with two attached hydrogens (primary N) is 1. The average molecular weight is 230 g/mol. The molecule has 1 aromatic carbocycles. The molecule has 90 valence electrons. The third-order valence-corrected chi connectivity index (χ3v) is 2.18. The van der Waals surface area contributed by atoms with E-state index in [9.17, 15) is 8.78 Å². The number of ether oxygens (including phenoxy) is 1. The second kappa shape index (κ2) is 6.52. The molecule has 5 heteroatoms. The minimum Gasteiger partial charge on any atom is -0.379 e. The first-order chi connectivity index (χ1) is 7.70. The van der Waals surface area contributed by atoms with Gasteiger partial charge >= 0.3 is 0 Å². The Hall–Kier alpha value is -1.04. The summed E-state index contributed by atoms with van der Waals surface area (Å²) in [6.45, 7) is 2.63. The van der Waals surface area contributed by atoms with Crippen molar-refractivity contribution in [1.82, 2.24) is 5.43 Å². The van der Waals surface area contributed by atoms with Crippen LogP contribution in [0.5, 0.6) is 0 Å². The first-order valence-corrected chi connectivity index (χ1v) is 5.18. The highest BCUT2D eigenvalue weighted by Crippen LogP contribution is 2.20. The molecule has 0 aliphatic carbocycles. The van der Waals surface area contributed by atoms with E-state index in [1.807, 2.05) is 6.92 Å². The number of hydrogen-bond acceptors (Lipinski definition) is 3. The van der Waals surface area contributed by atoms with Gasteiger partial charge in [0, 0.05) is 12.2 Å². The Morgan fingerprint density at radius 1 is 1.38 bits per heavy atom. The van der Waals surface area contributed by atoms with Crippen LogP contribution in [-0.2, 0) is 4.74 Å². The van der Waals surface area contributed by atoms with E-state index in [-0.39, 0.29) is 12.2 Å². The molecule has 3 nitrogen and oxygen atoms in total. The lowest BCUT2D eigenvalue weighted by Gasteiger charge is -2.17. The summed E-state index contributed by atoms with van der Waals surface area (Å²) in [6, 6.07) is 3.03. The summed E-state index contributed by atoms with van der Waals surface area (Å²) in [5.41, 5.74) is 2.27. The molecule has 0 aliphatic rings. The second-order valence-corrected chi connectivity index (χ2v) is 3.43. The molecule has 0 saturated heterocycles. The maximum absolute atomic E-state index is 13.4. The van der Waals surface area contributed by atoms with Gasteiger partial charge in [0.05, 0.1) is 12.6 Å². The Morgan fingerprint density at radius 2 is 2.00 bits per heavy atom. The first kappa shape index (κ1) is 13.0. The van der Waals surface area contributed by atoms with Gasteiger partial charge in [0.2, 0.25) is 0 Å². The fourth-order valence-corrected chi connectivity index (χ4v) is 1.40. The van der Waals surface area contributed by atoms with Crippen LogP contribution in [0, 0.1) is 11.6 Å². The van der Waals surface area contributed by atoms with Crippen LogP contribution in [0.3, 0.4) is 0 Å². The second-order valence-electron chi connectivity index (χ2n) is 3.43. The Kier molecular flexibility index (Phi) is 5.31. The van der Waals surface area contributed by atoms with Crippen molar-refractivity contribution in [3.63, 3.8) is 0 Å². The zero-order valence-corrected chi connectivity index (χ0v) is 9.17. The minimum absolute atomic E-state index is 0.0823. The van der Waals surface area contributed by atoms with E-state index in [4.69, 9.17) is 10.6 Å². The molecule has 0 aromatic heterocycles. The number of rotatable bonds is 6. The van der Waals surface area contributed by atoms with Gasteiger partial charge in [0.1, 0.15) is 11.6 Å². The predicted molar refractivity (Wildman–Crippen MR) is 57.5 cm³/mol. The van der Waals surface area contributed by atoms with Crippen LogP contribution in [0.1, 0.15) is 24.9 Å². The Bertz CT molecular complexity index is 314. The van der Waals surface area contributed by atoms with Crippen molar-refractivity contribution >= 4 is 0 Å². The molecule has 0 heterocycles. The zero-order chi connectivity index (χ0) is 12.0. The van der Waals surface area contributed by atoms with Crippen LogP contribution >= 0.6 is 0 Å². The first-order valence-electron chi connectivity index (χ1n) is 5.18. The quantitative estimate of drug-likeness (QED) is 0.446. The van der Waals surface area contributed by atoms with Gasteiger partial charge in [-0.05, 0) is 18.6 Å². The molecule has 0 amide bonds. The standard InChI is InChI=1S/C11H16F2N2O/c1-2-6-16-7-10(15-14)11-8(12)4-3-5-9(11)13/h3-5,10,15H,2,6-7,14H2,1H3. The van der Waals surface area contributed by atoms with Gasteiger partial charge in [0.15, 0.2) is 0 Å². The maximum Gasteiger partial charge on any atom is 0.131 e. The molecule has 1 atom stereocenters. The highest BCUT2D eigenvalue weighted by molar-refractivity contribution is 5.23. The van der Waals surface area contributed by atoms with Gasteiger partial charge in [-0.2, -0.15) is 0 Å². The molecule has 0 saturated carbocycles. The number of hydrogen-bond donors (Lipinski definition) is 2. The summed E-state index contributed by atoms with van der Waals surface area (Å²) >= 11 is 0. The van der Waals surface area contributed by atoms with Crippen LogP contribution in [0.15, 0.2) is 18.2 Å². The Labute approximate surface area is 93.6 Å². The number of benzene rings is 1. The zero-order valence-electron chi connectivity index (χ0n) is 9.17. The highest BCUT2D eigenvalue weighted by atomic mass is 19.1. The van der Waals surface area contributed by atoms with Gasteiger partial charge < -0.3 is 4.74 Å². The van der Waals surface area contributed by atoms with Crippen molar-refractivity contribution in [1.29, 1.82) is 0 Å². The van der Waals surface area contributed by atoms with Crippen molar-refractivity contribution in [3.05, 3.63) is 35.4 Å². The number of hydrazine groups is 1. The molecule has 1 rings (SSSR count). The lowest BCUT2D eigenvalue weighted by Crippen LogP contribution is -2.32. The third kappa shape index (κ3) is 3.23. The van der Waals surface area contributed by atoms with Crippen LogP contribution in [0.2, 0.25) is 0 Å². The van der Waals surface area contributed by atoms with Gasteiger partial charge in [-0.3, -0.25) is 11.3 Å². The third-order valence-electron chi connectivity index (χ3n) is 2.18. The van der Waals surface area contributed by atoms with Crippen molar-refractivity contribution in [2.75, 3.05) is 13.2 Å². The van der Waals surface area contributed by atoms with Gasteiger partial charge in [-0.15, -0.1) is 0 Å². The smallest absolute Gasteiger partial charge is 0.131 e. The fraction of sp³-hybridized carbons (Fsp3) is 0.455. The molecule has 0 bridgehead atoms. The van der Waals surface area contributed by atoms with Gasteiger partial charge in [-0.1, -0.05) is 13.0 Å². The average Bonchev–Trinajstić information content (AvgIpc) is 2.26. The molecule has 0 radical (unpaired) electrons. The van der Waals surface area contributed by atoms with Crippen molar-refractivity contribution in [2.45, 2.75) is 19.4 Å². The summed E-state index contributed by atoms with van der Waals surface area (Å²) in [5, 5.41) is 0. The lowest BCUT2D eigenvalue weighted by molar-refractivity contribution is 0.110. The minimum atomic E-state index is -0.673. The molecule has 1 unspecified atom stereocenters. The molecule has 3 N–H and O–H groups in total. The fourth-order valence-electron chi connectivity index (χ4n) is 1.40. The van der Waals surface area contributed by atoms with E-state index in [1.165, 1.54) is 18.2 Å². The summed E-state index contributed by atoms with van der Waals surface area (Å²) in [6.07, 6.45) is 0.844. The Morgan fingerprint density at radius 3 is 2.50 bits per heavy atom. The molecule has 0 fully saturated rings. The van der Waals surface area contributed by atoms with E-state index in [2.05, 4.69) is 5.43 Å². The van der Waals surface area contributed by atoms with E-state index in [1.54, 1.807) is 0 Å². The van der Waals surface area contributed by atoms with E-state index in [0.717, 1.165) is 6.42 Å². The molecule has 16 heavy (non-hydrogen) atoms. The van der Waals surface area contributed by atoms with Crippen LogP contribution in [0.4, 0.5) is 8.78 Å². The van der Waals surface area contributed by atoms with Crippen molar-refractivity contribution in [3.8, 4) is 0 Å². The van der Waals surface area contributed by atoms with E-state index >= 15 is 0 Å². The molecular weight excluding hydrogens is 214 g/mol. The van der Waals surface area contributed by atoms with Crippen LogP contribution in [-0.4, -0.2) is 13.2 Å². The van der Waals surface area contributed by atoms with Gasteiger partial charge in [0.25, 0.3) is 0 Å². The monoisotopic (exact) mass is 230 g/mol. The van der Waals surface area contributed by atoms with Crippen LogP contribution < -0.4 is 11.3 Å². The van der Waals surface area contributed by atoms with Gasteiger partial charge in [-0.25, -0.2) is 8.78 Å². The molecule has 0 aliphatic heterocycles. The number of halogens is 2. The SMILES string of the molecule is CCCOCC(NN)c1c(F)cccc1F. The maximum atomic E-state index is 13.4. The summed E-state index contributed by atoms with van der Waals surface area (Å²) in [5.74, 6) is 4.02. The Balaban J connectivity index is 2.78.